The number of aryl methyl sites for hydroxylation is 1. The fourth-order valence-corrected chi connectivity index (χ4v) is 7.40. The Morgan fingerprint density at radius 1 is 0.588 bits per heavy atom. The molecule has 1 aliphatic heterocycles. The maximum Gasteiger partial charge on any atom is 0.137 e. The van der Waals surface area contributed by atoms with Crippen molar-refractivity contribution in [2.45, 2.75) is 0 Å². The van der Waals surface area contributed by atoms with Crippen molar-refractivity contribution < 1.29 is 25.8 Å². The van der Waals surface area contributed by atoms with Gasteiger partial charge < -0.3 is 23.7 Å². The molecule has 0 bridgehead atoms. The van der Waals surface area contributed by atoms with Crippen LogP contribution in [-0.2, 0) is 28.1 Å². The number of fused-ring (bicyclic) bond motifs is 7. The molecule has 0 radical (unpaired) electrons. The van der Waals surface area contributed by atoms with Gasteiger partial charge in [-0.25, -0.2) is 4.98 Å². The fraction of sp³-hybridized carbons (Fsp3) is 0.0455. The van der Waals surface area contributed by atoms with Gasteiger partial charge in [0, 0.05) is 85.1 Å². The first-order valence-electron chi connectivity index (χ1n) is 16.7. The van der Waals surface area contributed by atoms with E-state index in [1.807, 2.05) is 30.5 Å². The van der Waals surface area contributed by atoms with Gasteiger partial charge in [-0.2, -0.15) is 18.8 Å². The third-order valence-electron chi connectivity index (χ3n) is 9.81. The summed E-state index contributed by atoms with van der Waals surface area (Å²) in [5.74, 6) is 2.05. The summed E-state index contributed by atoms with van der Waals surface area (Å²) in [6.45, 7) is 2.09. The van der Waals surface area contributed by atoms with Crippen molar-refractivity contribution in [3.05, 3.63) is 158 Å². The third kappa shape index (κ3) is 5.01. The van der Waals surface area contributed by atoms with E-state index in [1.54, 1.807) is 0 Å². The van der Waals surface area contributed by atoms with Gasteiger partial charge in [-0.15, -0.1) is 41.4 Å². The summed E-state index contributed by atoms with van der Waals surface area (Å²) in [5.41, 5.74) is 9.78. The average molecular weight is 840 g/mol. The van der Waals surface area contributed by atoms with Gasteiger partial charge >= 0.3 is 0 Å². The fourth-order valence-electron chi connectivity index (χ4n) is 7.40. The maximum atomic E-state index is 6.49. The summed E-state index contributed by atoms with van der Waals surface area (Å²) in [6, 6.07) is 53.3. The van der Waals surface area contributed by atoms with Crippen molar-refractivity contribution in [1.29, 1.82) is 0 Å². The van der Waals surface area contributed by atoms with Crippen molar-refractivity contribution >= 4 is 60.7 Å². The van der Waals surface area contributed by atoms with Crippen molar-refractivity contribution in [3.63, 3.8) is 0 Å². The van der Waals surface area contributed by atoms with E-state index < -0.39 is 0 Å². The Kier molecular flexibility index (Phi) is 7.45. The Hall–Kier alpha value is -5.84. The second-order valence-electron chi connectivity index (χ2n) is 12.7. The molecule has 9 aromatic rings. The van der Waals surface area contributed by atoms with E-state index in [9.17, 15) is 0 Å². The summed E-state index contributed by atoms with van der Waals surface area (Å²) in [6.07, 6.45) is 1.99. The first-order valence-corrected chi connectivity index (χ1v) is 16.7. The van der Waals surface area contributed by atoms with Gasteiger partial charge in [0.15, 0.2) is 0 Å². The largest absolute Gasteiger partial charge is 0.509 e. The SMILES string of the molecule is CN1[CH-]N(c2[c-]c(Oc3[c-]c4c(cc3)c3ccccc3n4-c3cc4c(cn3)c3ccccc3n4C)ccc2)c2ccc(-c3ccccc3)cc21.[Pt]. The van der Waals surface area contributed by atoms with E-state index >= 15 is 0 Å². The molecule has 0 saturated carbocycles. The van der Waals surface area contributed by atoms with Gasteiger partial charge in [0.25, 0.3) is 0 Å². The molecule has 3 aromatic heterocycles. The zero-order valence-electron chi connectivity index (χ0n) is 27.8. The van der Waals surface area contributed by atoms with Crippen molar-refractivity contribution in [1.82, 2.24) is 14.1 Å². The number of hydrogen-bond donors (Lipinski definition) is 0. The van der Waals surface area contributed by atoms with Gasteiger partial charge in [0.05, 0.1) is 5.52 Å². The van der Waals surface area contributed by atoms with E-state index in [4.69, 9.17) is 9.72 Å². The molecular formula is C44H30N5OPt-3. The van der Waals surface area contributed by atoms with Crippen LogP contribution in [0.2, 0.25) is 0 Å². The molecule has 0 fully saturated rings. The molecule has 10 rings (SSSR count). The summed E-state index contributed by atoms with van der Waals surface area (Å²) in [5, 5.41) is 4.56. The molecule has 1 aliphatic rings. The van der Waals surface area contributed by atoms with Crippen LogP contribution >= 0.6 is 0 Å². The Bertz CT molecular complexity index is 2770. The molecule has 0 atom stereocenters. The van der Waals surface area contributed by atoms with Crippen LogP contribution in [0.5, 0.6) is 11.5 Å². The van der Waals surface area contributed by atoms with Crippen LogP contribution in [0, 0.1) is 18.8 Å². The summed E-state index contributed by atoms with van der Waals surface area (Å²) in [7, 11) is 4.19. The molecule has 0 saturated heterocycles. The zero-order valence-corrected chi connectivity index (χ0v) is 30.1. The van der Waals surface area contributed by atoms with Gasteiger partial charge in [0.1, 0.15) is 5.82 Å². The molecule has 7 heteroatoms. The molecular weight excluding hydrogens is 810 g/mol. The number of nitrogens with zero attached hydrogens (tertiary/aromatic N) is 5. The smallest absolute Gasteiger partial charge is 0.137 e. The number of benzene rings is 6. The maximum absolute atomic E-state index is 6.49. The van der Waals surface area contributed by atoms with Gasteiger partial charge in [-0.3, -0.25) is 0 Å². The Labute approximate surface area is 310 Å². The zero-order chi connectivity index (χ0) is 33.3. The topological polar surface area (TPSA) is 38.5 Å². The van der Waals surface area contributed by atoms with Crippen molar-refractivity contribution in [2.24, 2.45) is 7.05 Å². The van der Waals surface area contributed by atoms with E-state index in [1.165, 1.54) is 22.0 Å². The molecule has 0 unspecified atom stereocenters. The molecule has 0 N–H and O–H groups in total. The van der Waals surface area contributed by atoms with Crippen molar-refractivity contribution in [2.75, 3.05) is 16.8 Å². The van der Waals surface area contributed by atoms with Crippen LogP contribution in [0.25, 0.3) is 60.6 Å². The summed E-state index contributed by atoms with van der Waals surface area (Å²) in [4.78, 5) is 9.29. The average Bonchev–Trinajstić information content (AvgIpc) is 3.78. The number of hydrogen-bond acceptors (Lipinski definition) is 4. The predicted octanol–water partition coefficient (Wildman–Crippen LogP) is 10.6. The van der Waals surface area contributed by atoms with E-state index in [2.05, 4.69) is 161 Å². The summed E-state index contributed by atoms with van der Waals surface area (Å²) < 4.78 is 10.9. The van der Waals surface area contributed by atoms with Gasteiger partial charge in [-0.05, 0) is 47.8 Å². The van der Waals surface area contributed by atoms with Gasteiger partial charge in [0.2, 0.25) is 0 Å². The molecule has 4 heterocycles. The van der Waals surface area contributed by atoms with Crippen LogP contribution in [0.15, 0.2) is 140 Å². The number of rotatable bonds is 5. The van der Waals surface area contributed by atoms with Crippen LogP contribution in [0.4, 0.5) is 17.1 Å². The Balaban J connectivity index is 0.00000348. The monoisotopic (exact) mass is 839 g/mol. The van der Waals surface area contributed by atoms with Crippen LogP contribution < -0.4 is 14.5 Å². The molecule has 6 nitrogen and oxygen atoms in total. The second kappa shape index (κ2) is 12.2. The number of para-hydroxylation sites is 2. The molecule has 0 amide bonds. The molecule has 51 heavy (non-hydrogen) atoms. The number of aromatic nitrogens is 3. The number of pyridine rings is 1. The third-order valence-corrected chi connectivity index (χ3v) is 9.81. The van der Waals surface area contributed by atoms with Crippen molar-refractivity contribution in [3.8, 4) is 28.4 Å². The Morgan fingerprint density at radius 3 is 2.18 bits per heavy atom. The standard InChI is InChI=1S/C44H30N5O.Pt/c1-46-28-48(40-22-19-30(23-43(40)46)29-11-4-3-5-12-29)31-13-10-14-32(24-31)50-33-20-21-36-34-15-7-9-18-39(34)49(42(36)25-33)44-26-41-37(27-45-44)35-16-6-8-17-38(35)47(41)2;/h3-23,26-28H,1-2H3;/q-3;. The van der Waals surface area contributed by atoms with E-state index in [0.29, 0.717) is 11.5 Å². The minimum atomic E-state index is 0. The normalized spacial score (nSPS) is 12.6. The van der Waals surface area contributed by atoms with E-state index in [0.717, 1.165) is 55.6 Å². The number of ether oxygens (including phenoxy) is 1. The van der Waals surface area contributed by atoms with E-state index in [-0.39, 0.29) is 21.1 Å². The predicted molar refractivity (Wildman–Crippen MR) is 203 cm³/mol. The second-order valence-corrected chi connectivity index (χ2v) is 12.7. The van der Waals surface area contributed by atoms with Crippen LogP contribution in [0.3, 0.4) is 0 Å². The molecule has 0 aliphatic carbocycles. The van der Waals surface area contributed by atoms with Crippen LogP contribution in [-0.4, -0.2) is 21.2 Å². The van der Waals surface area contributed by atoms with Crippen LogP contribution in [0.1, 0.15) is 0 Å². The Morgan fingerprint density at radius 2 is 1.33 bits per heavy atom. The minimum absolute atomic E-state index is 0. The molecule has 6 aromatic carbocycles. The first kappa shape index (κ1) is 31.2. The number of anilines is 3. The van der Waals surface area contributed by atoms with Gasteiger partial charge in [-0.1, -0.05) is 78.3 Å². The first-order chi connectivity index (χ1) is 24.6. The summed E-state index contributed by atoms with van der Waals surface area (Å²) >= 11 is 0. The quantitative estimate of drug-likeness (QED) is 0.162. The molecule has 250 valence electrons. The minimum Gasteiger partial charge on any atom is -0.509 e. The molecule has 0 spiro atoms.